The van der Waals surface area contributed by atoms with E-state index in [1.54, 1.807) is 0 Å². The number of rotatable bonds is 4. The minimum atomic E-state index is 0.0203. The van der Waals surface area contributed by atoms with Crippen LogP contribution in [0, 0.1) is 0 Å². The van der Waals surface area contributed by atoms with Gasteiger partial charge in [0.25, 0.3) is 0 Å². The maximum Gasteiger partial charge on any atom is 0.317 e. The van der Waals surface area contributed by atoms with Crippen LogP contribution in [0.5, 0.6) is 0 Å². The third kappa shape index (κ3) is 4.13. The molecular weight excluding hydrogens is 340 g/mol. The van der Waals surface area contributed by atoms with Crippen molar-refractivity contribution in [2.75, 3.05) is 39.3 Å². The standard InChI is InChI=1S/C20H26N6O/c1-16-14-26-15-22-18(13-19(26)23-16)24-9-11-25(12-10-24)20(27)21-8-7-17-5-3-2-4-6-17/h2-6,13,15-16H,7-12,14H2,1H3,(H,21,27). The predicted molar refractivity (Wildman–Crippen MR) is 107 cm³/mol. The number of hydrogen-bond donors (Lipinski definition) is 1. The van der Waals surface area contributed by atoms with Gasteiger partial charge in [-0.2, -0.15) is 0 Å². The normalized spacial score (nSPS) is 21.7. The van der Waals surface area contributed by atoms with Gasteiger partial charge < -0.3 is 20.0 Å². The molecule has 0 saturated carbocycles. The number of amidine groups is 1. The van der Waals surface area contributed by atoms with Crippen molar-refractivity contribution in [2.45, 2.75) is 19.4 Å². The molecule has 7 nitrogen and oxygen atoms in total. The van der Waals surface area contributed by atoms with Gasteiger partial charge in [-0.3, -0.25) is 4.99 Å². The van der Waals surface area contributed by atoms with E-state index in [1.807, 2.05) is 29.4 Å². The molecule has 1 unspecified atom stereocenters. The Balaban J connectivity index is 1.24. The van der Waals surface area contributed by atoms with Crippen molar-refractivity contribution in [1.29, 1.82) is 0 Å². The molecule has 142 valence electrons. The Bertz CT molecular complexity index is 764. The van der Waals surface area contributed by atoms with Crippen molar-refractivity contribution in [1.82, 2.24) is 20.0 Å². The summed E-state index contributed by atoms with van der Waals surface area (Å²) < 4.78 is 0. The third-order valence-corrected chi connectivity index (χ3v) is 5.12. The lowest BCUT2D eigenvalue weighted by atomic mass is 10.1. The van der Waals surface area contributed by atoms with Crippen LogP contribution in [0.1, 0.15) is 12.5 Å². The summed E-state index contributed by atoms with van der Waals surface area (Å²) in [5, 5.41) is 3.03. The lowest BCUT2D eigenvalue weighted by molar-refractivity contribution is 0.157. The first-order valence-corrected chi connectivity index (χ1v) is 9.61. The average Bonchev–Trinajstić information content (AvgIpc) is 3.08. The van der Waals surface area contributed by atoms with Gasteiger partial charge in [0, 0.05) is 45.3 Å². The zero-order chi connectivity index (χ0) is 18.6. The molecule has 1 aromatic carbocycles. The Hall–Kier alpha value is -2.83. The summed E-state index contributed by atoms with van der Waals surface area (Å²) in [7, 11) is 0. The predicted octanol–water partition coefficient (Wildman–Crippen LogP) is 1.54. The van der Waals surface area contributed by atoms with E-state index in [4.69, 9.17) is 0 Å². The van der Waals surface area contributed by atoms with Gasteiger partial charge in [-0.1, -0.05) is 30.3 Å². The van der Waals surface area contributed by atoms with Gasteiger partial charge in [-0.15, -0.1) is 0 Å². The van der Waals surface area contributed by atoms with E-state index in [-0.39, 0.29) is 6.03 Å². The first-order valence-electron chi connectivity index (χ1n) is 9.61. The summed E-state index contributed by atoms with van der Waals surface area (Å²) in [5.74, 6) is 1.94. The number of nitrogens with one attached hydrogen (secondary N) is 1. The molecule has 2 amide bonds. The lowest BCUT2D eigenvalue weighted by Gasteiger charge is -2.36. The molecular formula is C20H26N6O. The number of hydrogen-bond acceptors (Lipinski definition) is 5. The highest BCUT2D eigenvalue weighted by molar-refractivity contribution is 6.03. The van der Waals surface area contributed by atoms with Crippen LogP contribution in [0.4, 0.5) is 4.79 Å². The van der Waals surface area contributed by atoms with Gasteiger partial charge in [0.2, 0.25) is 0 Å². The summed E-state index contributed by atoms with van der Waals surface area (Å²) in [6, 6.07) is 10.6. The molecule has 1 saturated heterocycles. The number of piperazine rings is 1. The van der Waals surface area contributed by atoms with E-state index in [1.165, 1.54) is 5.56 Å². The molecule has 0 bridgehead atoms. The number of amides is 2. The van der Waals surface area contributed by atoms with E-state index in [2.05, 4.69) is 50.2 Å². The van der Waals surface area contributed by atoms with Crippen LogP contribution in [0.2, 0.25) is 0 Å². The maximum absolute atomic E-state index is 12.4. The minimum Gasteiger partial charge on any atom is -0.353 e. The molecule has 0 radical (unpaired) electrons. The molecule has 1 fully saturated rings. The second kappa shape index (κ2) is 7.82. The Morgan fingerprint density at radius 2 is 1.96 bits per heavy atom. The molecule has 3 aliphatic rings. The van der Waals surface area contributed by atoms with E-state index in [9.17, 15) is 4.79 Å². The molecule has 1 N–H and O–H groups in total. The van der Waals surface area contributed by atoms with E-state index in [0.717, 1.165) is 37.7 Å². The summed E-state index contributed by atoms with van der Waals surface area (Å²) in [4.78, 5) is 27.8. The molecule has 1 atom stereocenters. The van der Waals surface area contributed by atoms with Crippen molar-refractivity contribution in [3.63, 3.8) is 0 Å². The van der Waals surface area contributed by atoms with Crippen LogP contribution in [0.3, 0.4) is 0 Å². The number of fused-ring (bicyclic) bond motifs is 1. The molecule has 3 heterocycles. The Morgan fingerprint density at radius 3 is 2.74 bits per heavy atom. The van der Waals surface area contributed by atoms with Gasteiger partial charge in [-0.25, -0.2) is 9.79 Å². The minimum absolute atomic E-state index is 0.0203. The second-order valence-corrected chi connectivity index (χ2v) is 7.18. The first kappa shape index (κ1) is 17.6. The van der Waals surface area contributed by atoms with E-state index >= 15 is 0 Å². The van der Waals surface area contributed by atoms with Gasteiger partial charge in [0.05, 0.1) is 12.4 Å². The monoisotopic (exact) mass is 366 g/mol. The number of benzene rings is 1. The second-order valence-electron chi connectivity index (χ2n) is 7.18. The molecule has 27 heavy (non-hydrogen) atoms. The fourth-order valence-corrected chi connectivity index (χ4v) is 3.61. The number of aliphatic imine (C=N–C) groups is 2. The van der Waals surface area contributed by atoms with Crippen LogP contribution < -0.4 is 5.32 Å². The quantitative estimate of drug-likeness (QED) is 0.879. The fourth-order valence-electron chi connectivity index (χ4n) is 3.61. The zero-order valence-electron chi connectivity index (χ0n) is 15.7. The van der Waals surface area contributed by atoms with Crippen LogP contribution >= 0.6 is 0 Å². The Morgan fingerprint density at radius 1 is 1.19 bits per heavy atom. The van der Waals surface area contributed by atoms with Crippen LogP contribution in [-0.2, 0) is 6.42 Å². The molecule has 3 aliphatic heterocycles. The summed E-state index contributed by atoms with van der Waals surface area (Å²) in [6.07, 6.45) is 4.78. The largest absolute Gasteiger partial charge is 0.353 e. The average molecular weight is 366 g/mol. The Labute approximate surface area is 160 Å². The number of nitrogens with zero attached hydrogens (tertiary/aromatic N) is 5. The molecule has 0 spiro atoms. The topological polar surface area (TPSA) is 63.5 Å². The van der Waals surface area contributed by atoms with Crippen molar-refractivity contribution in [3.8, 4) is 0 Å². The van der Waals surface area contributed by atoms with E-state index in [0.29, 0.717) is 25.7 Å². The lowest BCUT2D eigenvalue weighted by Crippen LogP contribution is -2.51. The smallest absolute Gasteiger partial charge is 0.317 e. The van der Waals surface area contributed by atoms with Gasteiger partial charge in [0.1, 0.15) is 11.7 Å². The molecule has 0 aromatic heterocycles. The van der Waals surface area contributed by atoms with Gasteiger partial charge in [0.15, 0.2) is 0 Å². The van der Waals surface area contributed by atoms with Crippen molar-refractivity contribution in [3.05, 3.63) is 47.8 Å². The molecule has 1 aromatic rings. The van der Waals surface area contributed by atoms with Crippen molar-refractivity contribution >= 4 is 18.2 Å². The summed E-state index contributed by atoms with van der Waals surface area (Å²) in [5.41, 5.74) is 1.24. The fraction of sp³-hybridized carbons (Fsp3) is 0.450. The molecule has 4 rings (SSSR count). The highest BCUT2D eigenvalue weighted by Gasteiger charge is 2.26. The summed E-state index contributed by atoms with van der Waals surface area (Å²) in [6.45, 7) is 6.66. The van der Waals surface area contributed by atoms with Gasteiger partial charge in [-0.05, 0) is 18.9 Å². The Kier molecular flexibility index (Phi) is 5.09. The number of urea groups is 1. The summed E-state index contributed by atoms with van der Waals surface area (Å²) >= 11 is 0. The first-order chi connectivity index (χ1) is 13.2. The highest BCUT2D eigenvalue weighted by Crippen LogP contribution is 2.18. The third-order valence-electron chi connectivity index (χ3n) is 5.12. The number of carbonyl (C=O) groups excluding carboxylic acids is 1. The molecule has 7 heteroatoms. The van der Waals surface area contributed by atoms with Crippen molar-refractivity contribution < 1.29 is 4.79 Å². The van der Waals surface area contributed by atoms with Crippen LogP contribution in [0.25, 0.3) is 0 Å². The van der Waals surface area contributed by atoms with Crippen LogP contribution in [0.15, 0.2) is 52.2 Å². The van der Waals surface area contributed by atoms with Crippen LogP contribution in [-0.4, -0.2) is 78.2 Å². The maximum atomic E-state index is 12.4. The van der Waals surface area contributed by atoms with Gasteiger partial charge >= 0.3 is 6.03 Å². The molecule has 0 aliphatic carbocycles. The van der Waals surface area contributed by atoms with Crippen molar-refractivity contribution in [2.24, 2.45) is 9.98 Å². The number of carbonyl (C=O) groups is 1. The highest BCUT2D eigenvalue weighted by atomic mass is 16.2. The zero-order valence-corrected chi connectivity index (χ0v) is 15.7. The SMILES string of the molecule is CC1CN2C=NC(N3CCN(C(=O)NCCc4ccccc4)CC3)=CC2=N1. The van der Waals surface area contributed by atoms with E-state index < -0.39 is 0 Å².